The Labute approximate surface area is 165 Å². The Morgan fingerprint density at radius 3 is 2.33 bits per heavy atom. The first-order valence-electron chi connectivity index (χ1n) is 10.0. The molecule has 2 N–H and O–H groups in total. The first-order valence-corrected chi connectivity index (χ1v) is 12.1. The van der Waals surface area contributed by atoms with Crippen LogP contribution in [0, 0.1) is 5.41 Å². The Bertz CT molecular complexity index is 627. The number of aliphatic imine (C=N–C) groups is 1. The molecule has 2 unspecified atom stereocenters. The molecule has 1 aliphatic heterocycles. The van der Waals surface area contributed by atoms with E-state index in [0.717, 1.165) is 44.9 Å². The van der Waals surface area contributed by atoms with Gasteiger partial charge in [0, 0.05) is 57.0 Å². The molecule has 1 saturated heterocycles. The lowest BCUT2D eigenvalue weighted by Gasteiger charge is -2.59. The van der Waals surface area contributed by atoms with E-state index in [1.807, 2.05) is 6.92 Å². The molecule has 2 aliphatic rings. The maximum Gasteiger partial charge on any atom is 0.191 e. The summed E-state index contributed by atoms with van der Waals surface area (Å²) in [7, 11) is -1.11. The molecule has 0 amide bonds. The molecule has 0 aromatic heterocycles. The average Bonchev–Trinajstić information content (AvgIpc) is 2.60. The summed E-state index contributed by atoms with van der Waals surface area (Å²) in [5.41, 5.74) is -0.0695. The maximum atomic E-state index is 11.3. The van der Waals surface area contributed by atoms with Crippen LogP contribution in [-0.2, 0) is 14.6 Å². The summed E-state index contributed by atoms with van der Waals surface area (Å²) in [5.74, 6) is 1.12. The second-order valence-electron chi connectivity index (χ2n) is 8.77. The number of hydrogen-bond donors (Lipinski definition) is 2. The number of piperidine rings is 1. The Kier molecular flexibility index (Phi) is 7.19. The van der Waals surface area contributed by atoms with Crippen molar-refractivity contribution in [3.63, 3.8) is 0 Å². The highest BCUT2D eigenvalue weighted by atomic mass is 32.2. The van der Waals surface area contributed by atoms with Gasteiger partial charge in [0.15, 0.2) is 5.96 Å². The molecule has 2 rings (SSSR count). The van der Waals surface area contributed by atoms with Crippen molar-refractivity contribution in [2.24, 2.45) is 10.4 Å². The largest absolute Gasteiger partial charge is 0.378 e. The summed E-state index contributed by atoms with van der Waals surface area (Å²) in [4.78, 5) is 6.87. The molecule has 1 aliphatic carbocycles. The van der Waals surface area contributed by atoms with Gasteiger partial charge in [-0.05, 0) is 33.1 Å². The molecule has 2 fully saturated rings. The van der Waals surface area contributed by atoms with Crippen molar-refractivity contribution in [1.82, 2.24) is 15.5 Å². The van der Waals surface area contributed by atoms with Crippen LogP contribution in [0.3, 0.4) is 0 Å². The average molecular weight is 403 g/mol. The van der Waals surface area contributed by atoms with E-state index in [2.05, 4.69) is 41.3 Å². The molecule has 1 heterocycles. The number of rotatable bonds is 7. The molecule has 7 nitrogen and oxygen atoms in total. The second kappa shape index (κ2) is 8.66. The number of nitrogens with zero attached hydrogens (tertiary/aromatic N) is 2. The van der Waals surface area contributed by atoms with Crippen LogP contribution in [-0.4, -0.2) is 82.3 Å². The lowest BCUT2D eigenvalue weighted by Crippen LogP contribution is -2.70. The van der Waals surface area contributed by atoms with Gasteiger partial charge in [0.1, 0.15) is 9.84 Å². The van der Waals surface area contributed by atoms with Crippen molar-refractivity contribution in [3.05, 3.63) is 0 Å². The lowest BCUT2D eigenvalue weighted by molar-refractivity contribution is -0.176. The zero-order valence-electron chi connectivity index (χ0n) is 17.8. The van der Waals surface area contributed by atoms with Crippen molar-refractivity contribution in [2.75, 3.05) is 45.3 Å². The summed E-state index contributed by atoms with van der Waals surface area (Å²) < 4.78 is 28.4. The minimum absolute atomic E-state index is 0.0347. The lowest BCUT2D eigenvalue weighted by atomic mass is 9.56. The van der Waals surface area contributed by atoms with Gasteiger partial charge in [-0.25, -0.2) is 8.42 Å². The smallest absolute Gasteiger partial charge is 0.191 e. The highest BCUT2D eigenvalue weighted by molar-refractivity contribution is 7.90. The maximum absolute atomic E-state index is 11.3. The number of hydrogen-bond acceptors (Lipinski definition) is 5. The number of ether oxygens (including phenoxy) is 1. The van der Waals surface area contributed by atoms with Crippen LogP contribution in [0.15, 0.2) is 4.99 Å². The molecule has 0 bridgehead atoms. The van der Waals surface area contributed by atoms with Gasteiger partial charge in [-0.3, -0.25) is 4.99 Å². The summed E-state index contributed by atoms with van der Waals surface area (Å²) >= 11 is 0. The first kappa shape index (κ1) is 22.4. The molecule has 0 aromatic carbocycles. The zero-order chi connectivity index (χ0) is 20.3. The van der Waals surface area contributed by atoms with Gasteiger partial charge in [-0.1, -0.05) is 13.8 Å². The zero-order valence-corrected chi connectivity index (χ0v) is 18.7. The summed E-state index contributed by atoms with van der Waals surface area (Å²) in [6.45, 7) is 11.9. The molecule has 27 heavy (non-hydrogen) atoms. The van der Waals surface area contributed by atoms with Crippen molar-refractivity contribution >= 4 is 15.8 Å². The van der Waals surface area contributed by atoms with Gasteiger partial charge in [0.05, 0.1) is 11.4 Å². The minimum atomic E-state index is -2.89. The predicted molar refractivity (Wildman–Crippen MR) is 111 cm³/mol. The quantitative estimate of drug-likeness (QED) is 0.493. The minimum Gasteiger partial charge on any atom is -0.378 e. The van der Waals surface area contributed by atoms with Crippen LogP contribution in [0.5, 0.6) is 0 Å². The molecule has 2 atom stereocenters. The number of guanidine groups is 1. The van der Waals surface area contributed by atoms with Crippen molar-refractivity contribution in [2.45, 2.75) is 64.6 Å². The first-order chi connectivity index (χ1) is 12.5. The third-order valence-electron chi connectivity index (χ3n) is 6.61. The van der Waals surface area contributed by atoms with Gasteiger partial charge in [0.2, 0.25) is 0 Å². The second-order valence-corrected chi connectivity index (χ2v) is 11.0. The van der Waals surface area contributed by atoms with Gasteiger partial charge in [0.25, 0.3) is 0 Å². The molecule has 0 aromatic rings. The van der Waals surface area contributed by atoms with E-state index in [1.54, 1.807) is 7.11 Å². The third-order valence-corrected chi connectivity index (χ3v) is 7.54. The fourth-order valence-corrected chi connectivity index (χ4v) is 4.56. The van der Waals surface area contributed by atoms with Gasteiger partial charge < -0.3 is 20.3 Å². The van der Waals surface area contributed by atoms with Crippen LogP contribution in [0.25, 0.3) is 0 Å². The third kappa shape index (κ3) is 5.57. The van der Waals surface area contributed by atoms with E-state index in [-0.39, 0.29) is 16.8 Å². The predicted octanol–water partition coefficient (Wildman–Crippen LogP) is 1.25. The standard InChI is InChI=1S/C19H38N4O3S/c1-7-20-17(22-16-14-19(4,26-5)18(16,2)3)21-15-8-10-23(11-9-15)12-13-27(6,24)25/h15-16H,7-14H2,1-6H3,(H2,20,21,22). The molecular formula is C19H38N4O3S. The van der Waals surface area contributed by atoms with E-state index in [1.165, 1.54) is 6.26 Å². The highest BCUT2D eigenvalue weighted by Gasteiger charge is 2.58. The molecule has 0 radical (unpaired) electrons. The molecule has 1 saturated carbocycles. The van der Waals surface area contributed by atoms with E-state index in [9.17, 15) is 8.42 Å². The SMILES string of the molecule is CCN=C(NC1CCN(CCS(C)(=O)=O)CC1)NC1CC(C)(OC)C1(C)C. The van der Waals surface area contributed by atoms with E-state index in [0.29, 0.717) is 18.6 Å². The van der Waals surface area contributed by atoms with Crippen LogP contribution >= 0.6 is 0 Å². The Morgan fingerprint density at radius 2 is 1.85 bits per heavy atom. The van der Waals surface area contributed by atoms with Crippen LogP contribution in [0.2, 0.25) is 0 Å². The van der Waals surface area contributed by atoms with E-state index < -0.39 is 9.84 Å². The topological polar surface area (TPSA) is 83.0 Å². The summed E-state index contributed by atoms with van der Waals surface area (Å²) in [6.07, 6.45) is 4.26. The molecule has 8 heteroatoms. The molecule has 158 valence electrons. The highest BCUT2D eigenvalue weighted by Crippen LogP contribution is 2.51. The van der Waals surface area contributed by atoms with E-state index in [4.69, 9.17) is 4.74 Å². The van der Waals surface area contributed by atoms with Crippen LogP contribution < -0.4 is 10.6 Å². The van der Waals surface area contributed by atoms with Gasteiger partial charge in [-0.15, -0.1) is 0 Å². The molecular weight excluding hydrogens is 364 g/mol. The fourth-order valence-electron chi connectivity index (χ4n) is 3.97. The number of nitrogens with one attached hydrogen (secondary N) is 2. The fraction of sp³-hybridized carbons (Fsp3) is 0.947. The van der Waals surface area contributed by atoms with Crippen LogP contribution in [0.1, 0.15) is 47.0 Å². The normalized spacial score (nSPS) is 30.0. The van der Waals surface area contributed by atoms with Crippen molar-refractivity contribution in [3.8, 4) is 0 Å². The number of sulfone groups is 1. The van der Waals surface area contributed by atoms with Gasteiger partial charge in [-0.2, -0.15) is 0 Å². The van der Waals surface area contributed by atoms with Gasteiger partial charge >= 0.3 is 0 Å². The van der Waals surface area contributed by atoms with E-state index >= 15 is 0 Å². The number of likely N-dealkylation sites (tertiary alicyclic amines) is 1. The van der Waals surface area contributed by atoms with Crippen LogP contribution in [0.4, 0.5) is 0 Å². The Morgan fingerprint density at radius 1 is 1.22 bits per heavy atom. The van der Waals surface area contributed by atoms with Crippen molar-refractivity contribution < 1.29 is 13.2 Å². The Balaban J connectivity index is 1.83. The monoisotopic (exact) mass is 402 g/mol. The van der Waals surface area contributed by atoms with Crippen molar-refractivity contribution in [1.29, 1.82) is 0 Å². The summed E-state index contributed by atoms with van der Waals surface area (Å²) in [6, 6.07) is 0.699. The molecule has 0 spiro atoms. The Hall–Kier alpha value is -0.860. The number of methoxy groups -OCH3 is 1. The summed E-state index contributed by atoms with van der Waals surface area (Å²) in [5, 5.41) is 7.19.